The molecule has 1 rings (SSSR count). The highest BCUT2D eigenvalue weighted by molar-refractivity contribution is 6.07. The minimum atomic E-state index is -0.112. The monoisotopic (exact) mass is 375 g/mol. The Morgan fingerprint density at radius 3 is 2.07 bits per heavy atom. The number of hydrogen-bond acceptors (Lipinski definition) is 1. The molecule has 0 bridgehead atoms. The van der Waals surface area contributed by atoms with Gasteiger partial charge in [-0.3, -0.25) is 4.79 Å². The van der Waals surface area contributed by atoms with Crippen LogP contribution in [0.1, 0.15) is 44.7 Å². The van der Waals surface area contributed by atoms with Gasteiger partial charge in [-0.05, 0) is 62.0 Å². The van der Waals surface area contributed by atoms with Gasteiger partial charge in [0.05, 0.1) is 0 Å². The fourth-order valence-electron chi connectivity index (χ4n) is 2.75. The second kappa shape index (κ2) is 12.5. The molecule has 1 N–H and O–H groups in total. The average molecular weight is 376 g/mol. The highest BCUT2D eigenvalue weighted by Gasteiger charge is 2.11. The Morgan fingerprint density at radius 2 is 1.57 bits per heavy atom. The van der Waals surface area contributed by atoms with E-state index in [0.29, 0.717) is 5.57 Å². The summed E-state index contributed by atoms with van der Waals surface area (Å²) in [5.41, 5.74) is 5.61. The van der Waals surface area contributed by atoms with Crippen LogP contribution in [0.5, 0.6) is 0 Å². The molecule has 28 heavy (non-hydrogen) atoms. The van der Waals surface area contributed by atoms with Gasteiger partial charge in [-0.15, -0.1) is 0 Å². The molecular weight excluding hydrogens is 342 g/mol. The summed E-state index contributed by atoms with van der Waals surface area (Å²) in [7, 11) is 0. The number of amides is 1. The lowest BCUT2D eigenvalue weighted by molar-refractivity contribution is -0.112. The van der Waals surface area contributed by atoms with Gasteiger partial charge in [-0.2, -0.15) is 0 Å². The van der Waals surface area contributed by atoms with Crippen LogP contribution in [0.4, 0.5) is 5.69 Å². The molecule has 0 saturated carbocycles. The van der Waals surface area contributed by atoms with Crippen LogP contribution in [0.25, 0.3) is 0 Å². The van der Waals surface area contributed by atoms with Gasteiger partial charge in [0.15, 0.2) is 0 Å². The van der Waals surface area contributed by atoms with Crippen LogP contribution >= 0.6 is 0 Å². The molecule has 0 atom stereocenters. The first-order valence-corrected chi connectivity index (χ1v) is 9.90. The molecule has 0 aliphatic rings. The van der Waals surface area contributed by atoms with Gasteiger partial charge in [0.1, 0.15) is 0 Å². The molecule has 0 aliphatic carbocycles. The van der Waals surface area contributed by atoms with Crippen molar-refractivity contribution in [3.8, 4) is 0 Å². The highest BCUT2D eigenvalue weighted by atomic mass is 16.1. The van der Waals surface area contributed by atoms with Crippen LogP contribution in [-0.4, -0.2) is 5.91 Å². The van der Waals surface area contributed by atoms with E-state index in [1.807, 2.05) is 69.4 Å². The van der Waals surface area contributed by atoms with Crippen LogP contribution in [0.3, 0.4) is 0 Å². The first-order valence-electron chi connectivity index (χ1n) is 9.90. The predicted octanol–water partition coefficient (Wildman–Crippen LogP) is 7.16. The molecule has 0 fully saturated rings. The van der Waals surface area contributed by atoms with E-state index in [1.54, 1.807) is 6.08 Å². The Bertz CT molecular complexity index is 812. The lowest BCUT2D eigenvalue weighted by Gasteiger charge is -2.13. The lowest BCUT2D eigenvalue weighted by Crippen LogP contribution is -2.15. The van der Waals surface area contributed by atoms with E-state index in [9.17, 15) is 4.79 Å². The zero-order chi connectivity index (χ0) is 20.9. The third-order valence-electron chi connectivity index (χ3n) is 4.30. The number of anilines is 1. The zero-order valence-electron chi connectivity index (χ0n) is 17.9. The SMILES string of the molecule is C=C/C=C(\C=C/CC)C(/C=C(\C=C\CC)C(=O)Nc1c(C)cccc1C)=C/C. The van der Waals surface area contributed by atoms with Crippen LogP contribution in [-0.2, 0) is 4.79 Å². The summed E-state index contributed by atoms with van der Waals surface area (Å²) >= 11 is 0. The molecule has 0 aromatic heterocycles. The number of carbonyl (C=O) groups excluding carboxylic acids is 1. The maximum atomic E-state index is 13.1. The number of benzene rings is 1. The maximum absolute atomic E-state index is 13.1. The molecule has 2 nitrogen and oxygen atoms in total. The summed E-state index contributed by atoms with van der Waals surface area (Å²) < 4.78 is 0. The Kier molecular flexibility index (Phi) is 10.3. The van der Waals surface area contributed by atoms with E-state index in [0.717, 1.165) is 40.8 Å². The van der Waals surface area contributed by atoms with Crippen molar-refractivity contribution in [3.63, 3.8) is 0 Å². The minimum absolute atomic E-state index is 0.112. The number of rotatable bonds is 9. The Labute approximate surface area is 170 Å². The van der Waals surface area contributed by atoms with Crippen molar-refractivity contribution in [3.05, 3.63) is 101 Å². The predicted molar refractivity (Wildman–Crippen MR) is 124 cm³/mol. The molecular formula is C26H33NO. The number of hydrogen-bond donors (Lipinski definition) is 1. The molecule has 2 heteroatoms. The average Bonchev–Trinajstić information content (AvgIpc) is 2.68. The fraction of sp³-hybridized carbons (Fsp3) is 0.269. The van der Waals surface area contributed by atoms with Crippen molar-refractivity contribution in [1.29, 1.82) is 0 Å². The first-order chi connectivity index (χ1) is 13.5. The van der Waals surface area contributed by atoms with Crippen molar-refractivity contribution in [2.24, 2.45) is 0 Å². The topological polar surface area (TPSA) is 29.1 Å². The third kappa shape index (κ3) is 7.03. The minimum Gasteiger partial charge on any atom is -0.322 e. The van der Waals surface area contributed by atoms with Crippen molar-refractivity contribution in [1.82, 2.24) is 0 Å². The van der Waals surface area contributed by atoms with Gasteiger partial charge in [0, 0.05) is 11.3 Å². The Morgan fingerprint density at radius 1 is 1.00 bits per heavy atom. The van der Waals surface area contributed by atoms with Crippen LogP contribution in [0.2, 0.25) is 0 Å². The van der Waals surface area contributed by atoms with Crippen LogP contribution in [0.15, 0.2) is 90.1 Å². The van der Waals surface area contributed by atoms with Crippen LogP contribution in [0, 0.1) is 13.8 Å². The normalized spacial score (nSPS) is 13.4. The second-order valence-corrected chi connectivity index (χ2v) is 6.54. The molecule has 0 aliphatic heterocycles. The Balaban J connectivity index is 3.33. The van der Waals surface area contributed by atoms with Gasteiger partial charge in [0.2, 0.25) is 0 Å². The molecule has 0 saturated heterocycles. The highest BCUT2D eigenvalue weighted by Crippen LogP contribution is 2.22. The summed E-state index contributed by atoms with van der Waals surface area (Å²) in [6, 6.07) is 6.01. The summed E-state index contributed by atoms with van der Waals surface area (Å²) in [4.78, 5) is 13.1. The van der Waals surface area contributed by atoms with E-state index in [2.05, 4.69) is 37.9 Å². The lowest BCUT2D eigenvalue weighted by atomic mass is 10.00. The van der Waals surface area contributed by atoms with E-state index in [1.165, 1.54) is 0 Å². The molecule has 0 spiro atoms. The van der Waals surface area contributed by atoms with Gasteiger partial charge < -0.3 is 5.32 Å². The number of allylic oxidation sites excluding steroid dienone is 9. The first kappa shape index (κ1) is 23.2. The summed E-state index contributed by atoms with van der Waals surface area (Å²) in [6.45, 7) is 14.0. The number of para-hydroxylation sites is 1. The molecule has 1 aromatic rings. The quantitative estimate of drug-likeness (QED) is 0.360. The van der Waals surface area contributed by atoms with Gasteiger partial charge >= 0.3 is 0 Å². The smallest absolute Gasteiger partial charge is 0.255 e. The zero-order valence-corrected chi connectivity index (χ0v) is 17.9. The largest absolute Gasteiger partial charge is 0.322 e. The van der Waals surface area contributed by atoms with E-state index in [4.69, 9.17) is 0 Å². The Hall–Kier alpha value is -2.87. The number of aryl methyl sites for hydroxylation is 2. The fourth-order valence-corrected chi connectivity index (χ4v) is 2.75. The van der Waals surface area contributed by atoms with Crippen molar-refractivity contribution < 1.29 is 4.79 Å². The van der Waals surface area contributed by atoms with E-state index >= 15 is 0 Å². The standard InChI is InChI=1S/C26H33NO/c1-7-11-17-23(14-9-3)22(10-4)19-24(18-12-8-2)26(28)27-25-20(5)15-13-16-21(25)6/h9-19H,3,7-8H2,1-2,4-6H3,(H,27,28)/b17-11-,18-12+,22-10+,23-14+,24-19+. The van der Waals surface area contributed by atoms with Crippen molar-refractivity contribution >= 4 is 11.6 Å². The summed E-state index contributed by atoms with van der Waals surface area (Å²) in [5, 5.41) is 3.09. The number of carbonyl (C=O) groups is 1. The van der Waals surface area contributed by atoms with Crippen LogP contribution < -0.4 is 5.32 Å². The van der Waals surface area contributed by atoms with E-state index < -0.39 is 0 Å². The molecule has 148 valence electrons. The maximum Gasteiger partial charge on any atom is 0.255 e. The molecule has 0 unspecified atom stereocenters. The summed E-state index contributed by atoms with van der Waals surface area (Å²) in [5.74, 6) is -0.112. The van der Waals surface area contributed by atoms with Gasteiger partial charge in [-0.1, -0.05) is 81.2 Å². The summed E-state index contributed by atoms with van der Waals surface area (Å²) in [6.07, 6.45) is 17.6. The van der Waals surface area contributed by atoms with Crippen molar-refractivity contribution in [2.45, 2.75) is 47.5 Å². The van der Waals surface area contributed by atoms with E-state index in [-0.39, 0.29) is 5.91 Å². The molecule has 1 amide bonds. The number of nitrogens with one attached hydrogen (secondary N) is 1. The van der Waals surface area contributed by atoms with Gasteiger partial charge in [0.25, 0.3) is 5.91 Å². The molecule has 0 radical (unpaired) electrons. The second-order valence-electron chi connectivity index (χ2n) is 6.54. The van der Waals surface area contributed by atoms with Crippen molar-refractivity contribution in [2.75, 3.05) is 5.32 Å². The molecule has 0 heterocycles. The third-order valence-corrected chi connectivity index (χ3v) is 4.30. The van der Waals surface area contributed by atoms with Gasteiger partial charge in [-0.25, -0.2) is 0 Å². The molecule has 1 aromatic carbocycles.